The van der Waals surface area contributed by atoms with E-state index in [-0.39, 0.29) is 11.7 Å². The number of nitrogens with one attached hydrogen (secondary N) is 1. The number of aromatic nitrogens is 3. The van der Waals surface area contributed by atoms with Crippen LogP contribution in [0.15, 0.2) is 95.2 Å². The van der Waals surface area contributed by atoms with Gasteiger partial charge in [0.05, 0.1) is 11.5 Å². The zero-order valence-corrected chi connectivity index (χ0v) is 19.5. The standard InChI is InChI=1S/C27H25N5OS/c33-25(29-28-24-18-10-8-12-20-11-7-9-17-23(20)24)19-34-27-31-30-26(21-13-3-1-4-14-21)32(27)22-15-5-2-6-16-22/h1-7,9,11,13-17H,8,10,12,18-19H2,(H,29,33). The SMILES string of the molecule is O=C(CSc1nnc(-c2ccccc2)n1-c1ccccc1)NN=C1CCCCc2ccccc21. The Morgan fingerprint density at radius 1 is 0.882 bits per heavy atom. The Labute approximate surface area is 203 Å². The highest BCUT2D eigenvalue weighted by Gasteiger charge is 2.18. The molecule has 5 rings (SSSR count). The van der Waals surface area contributed by atoms with Gasteiger partial charge in [0.25, 0.3) is 5.91 Å². The van der Waals surface area contributed by atoms with Crippen molar-refractivity contribution in [3.05, 3.63) is 96.1 Å². The number of carbonyl (C=O) groups excluding carboxylic acids is 1. The number of para-hydroxylation sites is 1. The number of hydrazone groups is 1. The number of fused-ring (bicyclic) bond motifs is 1. The van der Waals surface area contributed by atoms with Crippen LogP contribution in [-0.2, 0) is 11.2 Å². The third-order valence-corrected chi connectivity index (χ3v) is 6.69. The number of hydrogen-bond acceptors (Lipinski definition) is 5. The average molecular weight is 468 g/mol. The third-order valence-electron chi connectivity index (χ3n) is 5.77. The van der Waals surface area contributed by atoms with E-state index >= 15 is 0 Å². The first-order valence-electron chi connectivity index (χ1n) is 11.4. The van der Waals surface area contributed by atoms with Gasteiger partial charge < -0.3 is 0 Å². The fourth-order valence-corrected chi connectivity index (χ4v) is 4.86. The van der Waals surface area contributed by atoms with Crippen LogP contribution in [0.5, 0.6) is 0 Å². The molecule has 1 amide bonds. The summed E-state index contributed by atoms with van der Waals surface area (Å²) in [5.74, 6) is 0.770. The topological polar surface area (TPSA) is 72.2 Å². The Morgan fingerprint density at radius 3 is 2.41 bits per heavy atom. The lowest BCUT2D eigenvalue weighted by molar-refractivity contribution is -0.118. The quantitative estimate of drug-likeness (QED) is 0.238. The van der Waals surface area contributed by atoms with Gasteiger partial charge in [-0.15, -0.1) is 10.2 Å². The normalized spacial score (nSPS) is 14.4. The van der Waals surface area contributed by atoms with E-state index in [1.807, 2.05) is 71.3 Å². The van der Waals surface area contributed by atoms with E-state index in [0.29, 0.717) is 5.16 Å². The van der Waals surface area contributed by atoms with Gasteiger partial charge in [0, 0.05) is 16.8 Å². The fraction of sp³-hybridized carbons (Fsp3) is 0.185. The maximum absolute atomic E-state index is 12.7. The number of benzene rings is 3. The van der Waals surface area contributed by atoms with Crippen molar-refractivity contribution in [1.29, 1.82) is 0 Å². The molecule has 0 spiro atoms. The van der Waals surface area contributed by atoms with E-state index < -0.39 is 0 Å². The van der Waals surface area contributed by atoms with Crippen molar-refractivity contribution in [2.45, 2.75) is 30.8 Å². The highest BCUT2D eigenvalue weighted by atomic mass is 32.2. The second kappa shape index (κ2) is 10.5. The molecule has 0 fully saturated rings. The van der Waals surface area contributed by atoms with Gasteiger partial charge >= 0.3 is 0 Å². The van der Waals surface area contributed by atoms with Crippen molar-refractivity contribution < 1.29 is 4.79 Å². The molecule has 3 aromatic carbocycles. The van der Waals surface area contributed by atoms with Gasteiger partial charge in [0.1, 0.15) is 0 Å². The minimum absolute atomic E-state index is 0.164. The number of amides is 1. The summed E-state index contributed by atoms with van der Waals surface area (Å²) < 4.78 is 1.99. The smallest absolute Gasteiger partial charge is 0.250 e. The van der Waals surface area contributed by atoms with Crippen molar-refractivity contribution in [1.82, 2.24) is 20.2 Å². The summed E-state index contributed by atoms with van der Waals surface area (Å²) >= 11 is 1.35. The number of nitrogens with zero attached hydrogens (tertiary/aromatic N) is 4. The van der Waals surface area contributed by atoms with Crippen LogP contribution in [0.2, 0.25) is 0 Å². The summed E-state index contributed by atoms with van der Waals surface area (Å²) in [6, 6.07) is 28.2. The summed E-state index contributed by atoms with van der Waals surface area (Å²) in [7, 11) is 0. The molecule has 1 aliphatic carbocycles. The Morgan fingerprint density at radius 2 is 1.59 bits per heavy atom. The molecule has 1 heterocycles. The third kappa shape index (κ3) is 4.94. The number of hydrogen-bond donors (Lipinski definition) is 1. The highest BCUT2D eigenvalue weighted by molar-refractivity contribution is 7.99. The number of carbonyl (C=O) groups is 1. The van der Waals surface area contributed by atoms with Gasteiger partial charge in [0.2, 0.25) is 0 Å². The number of aryl methyl sites for hydroxylation is 1. The van der Waals surface area contributed by atoms with Crippen molar-refractivity contribution in [3.8, 4) is 17.1 Å². The van der Waals surface area contributed by atoms with Crippen molar-refractivity contribution >= 4 is 23.4 Å². The van der Waals surface area contributed by atoms with Gasteiger partial charge in [-0.2, -0.15) is 5.10 Å². The Bertz CT molecular complexity index is 1300. The first-order chi connectivity index (χ1) is 16.8. The van der Waals surface area contributed by atoms with Crippen LogP contribution in [0.25, 0.3) is 17.1 Å². The van der Waals surface area contributed by atoms with E-state index in [4.69, 9.17) is 0 Å². The van der Waals surface area contributed by atoms with E-state index in [1.165, 1.54) is 17.3 Å². The summed E-state index contributed by atoms with van der Waals surface area (Å²) in [5.41, 5.74) is 8.06. The largest absolute Gasteiger partial charge is 0.272 e. The molecule has 1 N–H and O–H groups in total. The van der Waals surface area contributed by atoms with Crippen molar-refractivity contribution in [3.63, 3.8) is 0 Å². The van der Waals surface area contributed by atoms with Crippen LogP contribution in [0.4, 0.5) is 0 Å². The summed E-state index contributed by atoms with van der Waals surface area (Å²) in [6.45, 7) is 0. The molecule has 4 aromatic rings. The lowest BCUT2D eigenvalue weighted by Crippen LogP contribution is -2.22. The number of thioether (sulfide) groups is 1. The molecule has 0 unspecified atom stereocenters. The first-order valence-corrected chi connectivity index (χ1v) is 12.4. The molecular formula is C27H25N5OS. The number of rotatable bonds is 6. The molecule has 0 radical (unpaired) electrons. The Kier molecular flexibility index (Phi) is 6.81. The van der Waals surface area contributed by atoms with Crippen molar-refractivity contribution in [2.75, 3.05) is 5.75 Å². The zero-order chi connectivity index (χ0) is 23.2. The molecule has 0 aliphatic heterocycles. The minimum Gasteiger partial charge on any atom is -0.272 e. The van der Waals surface area contributed by atoms with E-state index in [0.717, 1.165) is 54.0 Å². The van der Waals surface area contributed by atoms with Gasteiger partial charge in [-0.1, -0.05) is 84.6 Å². The molecule has 0 atom stereocenters. The second-order valence-electron chi connectivity index (χ2n) is 8.09. The predicted molar refractivity (Wildman–Crippen MR) is 136 cm³/mol. The molecule has 1 aromatic heterocycles. The van der Waals surface area contributed by atoms with Gasteiger partial charge in [-0.25, -0.2) is 5.43 Å². The van der Waals surface area contributed by atoms with Crippen LogP contribution < -0.4 is 5.43 Å². The van der Waals surface area contributed by atoms with E-state index in [9.17, 15) is 4.79 Å². The highest BCUT2D eigenvalue weighted by Crippen LogP contribution is 2.28. The second-order valence-corrected chi connectivity index (χ2v) is 9.03. The molecule has 0 bridgehead atoms. The Balaban J connectivity index is 1.33. The maximum atomic E-state index is 12.7. The van der Waals surface area contributed by atoms with Crippen LogP contribution in [0.3, 0.4) is 0 Å². The summed E-state index contributed by atoms with van der Waals surface area (Å²) in [6.07, 6.45) is 4.13. The fourth-order valence-electron chi connectivity index (χ4n) is 4.12. The van der Waals surface area contributed by atoms with E-state index in [1.54, 1.807) is 0 Å². The molecule has 34 heavy (non-hydrogen) atoms. The van der Waals surface area contributed by atoms with Gasteiger partial charge in [-0.05, 0) is 43.4 Å². The molecule has 0 saturated heterocycles. The summed E-state index contributed by atoms with van der Waals surface area (Å²) in [4.78, 5) is 12.7. The summed E-state index contributed by atoms with van der Waals surface area (Å²) in [5, 5.41) is 14.0. The van der Waals surface area contributed by atoms with Gasteiger partial charge in [0.15, 0.2) is 11.0 Å². The van der Waals surface area contributed by atoms with Crippen molar-refractivity contribution in [2.24, 2.45) is 5.10 Å². The van der Waals surface area contributed by atoms with Crippen LogP contribution in [0, 0.1) is 0 Å². The maximum Gasteiger partial charge on any atom is 0.250 e. The van der Waals surface area contributed by atoms with Crippen LogP contribution in [0.1, 0.15) is 30.4 Å². The first kappa shape index (κ1) is 22.1. The molecular weight excluding hydrogens is 442 g/mol. The Hall–Kier alpha value is -3.71. The average Bonchev–Trinajstić information content (AvgIpc) is 3.21. The van der Waals surface area contributed by atoms with E-state index in [2.05, 4.69) is 38.9 Å². The molecule has 0 saturated carbocycles. The molecule has 1 aliphatic rings. The molecule has 6 nitrogen and oxygen atoms in total. The molecule has 170 valence electrons. The van der Waals surface area contributed by atoms with Crippen LogP contribution >= 0.6 is 11.8 Å². The predicted octanol–water partition coefficient (Wildman–Crippen LogP) is 5.27. The minimum atomic E-state index is -0.164. The lowest BCUT2D eigenvalue weighted by atomic mass is 10.0. The molecule has 7 heteroatoms. The zero-order valence-electron chi connectivity index (χ0n) is 18.7. The van der Waals surface area contributed by atoms with Gasteiger partial charge in [-0.3, -0.25) is 9.36 Å². The van der Waals surface area contributed by atoms with Crippen LogP contribution in [-0.4, -0.2) is 32.1 Å². The lowest BCUT2D eigenvalue weighted by Gasteiger charge is -2.10. The monoisotopic (exact) mass is 467 g/mol.